The van der Waals surface area contributed by atoms with Gasteiger partial charge in [-0.1, -0.05) is 19.9 Å². The van der Waals surface area contributed by atoms with Crippen LogP contribution in [0.5, 0.6) is 0 Å². The van der Waals surface area contributed by atoms with Crippen LogP contribution in [0.1, 0.15) is 43.5 Å². The van der Waals surface area contributed by atoms with E-state index in [4.69, 9.17) is 0 Å². The first-order valence-corrected chi connectivity index (χ1v) is 9.80. The van der Waals surface area contributed by atoms with Crippen LogP contribution in [0.2, 0.25) is 0 Å². The van der Waals surface area contributed by atoms with Crippen LogP contribution in [-0.4, -0.2) is 38.0 Å². The number of carboxylic acid groups (broad SMARTS) is 1. The lowest BCUT2D eigenvalue weighted by Crippen LogP contribution is -2.41. The molecule has 1 amide bonds. The number of carbonyl (C=O) groups excluding carboxylic acids is 1. The molecular weight excluding hydrogens is 344 g/mol. The molecule has 0 saturated heterocycles. The van der Waals surface area contributed by atoms with Gasteiger partial charge in [0.15, 0.2) is 0 Å². The predicted octanol–water partition coefficient (Wildman–Crippen LogP) is 1.60. The molecule has 0 spiro atoms. The predicted molar refractivity (Wildman–Crippen MR) is 92.7 cm³/mol. The van der Waals surface area contributed by atoms with Crippen molar-refractivity contribution in [3.63, 3.8) is 0 Å². The Hall–Kier alpha value is -1.93. The minimum Gasteiger partial charge on any atom is -0.480 e. The lowest BCUT2D eigenvalue weighted by molar-refractivity contribution is -0.139. The number of rotatable bonds is 9. The summed E-state index contributed by atoms with van der Waals surface area (Å²) in [7, 11) is -3.68. The van der Waals surface area contributed by atoms with Gasteiger partial charge in [-0.15, -0.1) is 0 Å². The Bertz CT molecular complexity index is 741. The highest BCUT2D eigenvalue weighted by atomic mass is 32.2. The van der Waals surface area contributed by atoms with Crippen LogP contribution in [0.15, 0.2) is 29.2 Å². The summed E-state index contributed by atoms with van der Waals surface area (Å²) in [6.07, 6.45) is 2.34. The Morgan fingerprint density at radius 3 is 2.52 bits per heavy atom. The van der Waals surface area contributed by atoms with Crippen LogP contribution >= 0.6 is 0 Å². The van der Waals surface area contributed by atoms with Gasteiger partial charge < -0.3 is 10.4 Å². The summed E-state index contributed by atoms with van der Waals surface area (Å²) in [4.78, 5) is 23.6. The Kier molecular flexibility index (Phi) is 6.18. The fourth-order valence-electron chi connectivity index (χ4n) is 2.37. The number of amides is 1. The molecule has 7 nitrogen and oxygen atoms in total. The van der Waals surface area contributed by atoms with Crippen molar-refractivity contribution >= 4 is 21.9 Å². The molecule has 3 N–H and O–H groups in total. The van der Waals surface area contributed by atoms with E-state index in [0.717, 1.165) is 12.8 Å². The summed E-state index contributed by atoms with van der Waals surface area (Å²) in [5, 5.41) is 11.7. The van der Waals surface area contributed by atoms with Gasteiger partial charge in [-0.3, -0.25) is 4.79 Å². The third-order valence-electron chi connectivity index (χ3n) is 3.98. The van der Waals surface area contributed by atoms with E-state index in [-0.39, 0.29) is 16.4 Å². The van der Waals surface area contributed by atoms with Crippen LogP contribution in [0, 0.1) is 11.8 Å². The zero-order chi connectivity index (χ0) is 18.6. The molecule has 1 atom stereocenters. The standard InChI is InChI=1S/C17H24N2O5S/c1-11(2)8-15(17(21)22)19-16(20)13-4-3-5-14(9-13)25(23,24)18-10-12-6-7-12/h3-5,9,11-12,15,18H,6-8,10H2,1-2H3,(H,19,20)(H,21,22). The van der Waals surface area contributed by atoms with Crippen LogP contribution in [0.25, 0.3) is 0 Å². The van der Waals surface area contributed by atoms with Gasteiger partial charge in [0.2, 0.25) is 10.0 Å². The minimum absolute atomic E-state index is 0.00321. The number of carbonyl (C=O) groups is 2. The van der Waals surface area contributed by atoms with E-state index in [2.05, 4.69) is 10.0 Å². The zero-order valence-corrected chi connectivity index (χ0v) is 15.2. The molecule has 0 aromatic heterocycles. The highest BCUT2D eigenvalue weighted by molar-refractivity contribution is 7.89. The van der Waals surface area contributed by atoms with E-state index >= 15 is 0 Å². The average Bonchev–Trinajstić information content (AvgIpc) is 3.36. The van der Waals surface area contributed by atoms with Crippen molar-refractivity contribution in [2.24, 2.45) is 11.8 Å². The van der Waals surface area contributed by atoms with E-state index in [1.807, 2.05) is 13.8 Å². The Morgan fingerprint density at radius 1 is 1.28 bits per heavy atom. The van der Waals surface area contributed by atoms with E-state index in [0.29, 0.717) is 18.9 Å². The van der Waals surface area contributed by atoms with Crippen LogP contribution in [0.4, 0.5) is 0 Å². The van der Waals surface area contributed by atoms with Crippen molar-refractivity contribution < 1.29 is 23.1 Å². The van der Waals surface area contributed by atoms with E-state index < -0.39 is 27.9 Å². The SMILES string of the molecule is CC(C)CC(NC(=O)c1cccc(S(=O)(=O)NCC2CC2)c1)C(=O)O. The van der Waals surface area contributed by atoms with Crippen molar-refractivity contribution in [3.8, 4) is 0 Å². The first kappa shape index (κ1) is 19.4. The van der Waals surface area contributed by atoms with Gasteiger partial charge in [0.1, 0.15) is 6.04 Å². The maximum absolute atomic E-state index is 12.3. The smallest absolute Gasteiger partial charge is 0.326 e. The van der Waals surface area contributed by atoms with E-state index in [1.165, 1.54) is 24.3 Å². The normalized spacial score (nSPS) is 15.8. The molecule has 25 heavy (non-hydrogen) atoms. The molecular formula is C17H24N2O5S. The van der Waals surface area contributed by atoms with Crippen molar-refractivity contribution in [2.45, 2.75) is 44.0 Å². The summed E-state index contributed by atoms with van der Waals surface area (Å²) < 4.78 is 27.1. The third kappa shape index (κ3) is 5.82. The molecule has 1 unspecified atom stereocenters. The fraction of sp³-hybridized carbons (Fsp3) is 0.529. The number of aliphatic carboxylic acids is 1. The summed E-state index contributed by atoms with van der Waals surface area (Å²) in [6.45, 7) is 4.12. The van der Waals surface area contributed by atoms with Crippen molar-refractivity contribution in [3.05, 3.63) is 29.8 Å². The molecule has 1 aromatic carbocycles. The lowest BCUT2D eigenvalue weighted by atomic mass is 10.0. The average molecular weight is 368 g/mol. The molecule has 1 aromatic rings. The van der Waals surface area contributed by atoms with Gasteiger partial charge in [0, 0.05) is 12.1 Å². The fourth-order valence-corrected chi connectivity index (χ4v) is 3.53. The Balaban J connectivity index is 2.10. The second kappa shape index (κ2) is 7.97. The molecule has 138 valence electrons. The summed E-state index contributed by atoms with van der Waals surface area (Å²) in [5.74, 6) is -1.22. The minimum atomic E-state index is -3.68. The van der Waals surface area contributed by atoms with Crippen molar-refractivity contribution in [2.75, 3.05) is 6.54 Å². The second-order valence-electron chi connectivity index (χ2n) is 6.82. The molecule has 0 aliphatic heterocycles. The molecule has 0 heterocycles. The molecule has 0 radical (unpaired) electrons. The number of hydrogen-bond acceptors (Lipinski definition) is 4. The summed E-state index contributed by atoms with van der Waals surface area (Å²) in [5.41, 5.74) is 0.115. The van der Waals surface area contributed by atoms with Crippen molar-refractivity contribution in [1.82, 2.24) is 10.0 Å². The molecule has 1 aliphatic carbocycles. The molecule has 2 rings (SSSR count). The highest BCUT2D eigenvalue weighted by Crippen LogP contribution is 2.28. The van der Waals surface area contributed by atoms with Crippen LogP contribution in [-0.2, 0) is 14.8 Å². The topological polar surface area (TPSA) is 113 Å². The van der Waals surface area contributed by atoms with Gasteiger partial charge in [-0.25, -0.2) is 17.9 Å². The summed E-state index contributed by atoms with van der Waals surface area (Å²) >= 11 is 0. The number of carboxylic acids is 1. The van der Waals surface area contributed by atoms with Gasteiger partial charge >= 0.3 is 5.97 Å². The van der Waals surface area contributed by atoms with Crippen LogP contribution in [0.3, 0.4) is 0 Å². The van der Waals surface area contributed by atoms with E-state index in [9.17, 15) is 23.1 Å². The first-order chi connectivity index (χ1) is 11.7. The van der Waals surface area contributed by atoms with Gasteiger partial charge in [-0.2, -0.15) is 0 Å². The number of hydrogen-bond donors (Lipinski definition) is 3. The number of benzene rings is 1. The number of nitrogens with one attached hydrogen (secondary N) is 2. The third-order valence-corrected chi connectivity index (χ3v) is 5.40. The van der Waals surface area contributed by atoms with Crippen LogP contribution < -0.4 is 10.0 Å². The largest absolute Gasteiger partial charge is 0.480 e. The molecule has 1 aliphatic rings. The Morgan fingerprint density at radius 2 is 1.96 bits per heavy atom. The molecule has 8 heteroatoms. The summed E-state index contributed by atoms with van der Waals surface area (Å²) in [6, 6.07) is 4.59. The maximum Gasteiger partial charge on any atom is 0.326 e. The second-order valence-corrected chi connectivity index (χ2v) is 8.58. The number of sulfonamides is 1. The molecule has 1 saturated carbocycles. The molecule has 0 bridgehead atoms. The first-order valence-electron chi connectivity index (χ1n) is 8.32. The lowest BCUT2D eigenvalue weighted by Gasteiger charge is -2.16. The quantitative estimate of drug-likeness (QED) is 0.613. The van der Waals surface area contributed by atoms with Crippen molar-refractivity contribution in [1.29, 1.82) is 0 Å². The molecule has 1 fully saturated rings. The zero-order valence-electron chi connectivity index (χ0n) is 14.4. The van der Waals surface area contributed by atoms with Gasteiger partial charge in [0.05, 0.1) is 4.90 Å². The van der Waals surface area contributed by atoms with Gasteiger partial charge in [0.25, 0.3) is 5.91 Å². The highest BCUT2D eigenvalue weighted by Gasteiger charge is 2.25. The van der Waals surface area contributed by atoms with Gasteiger partial charge in [-0.05, 0) is 49.3 Å². The Labute approximate surface area is 147 Å². The maximum atomic E-state index is 12.3. The van der Waals surface area contributed by atoms with E-state index in [1.54, 1.807) is 0 Å². The monoisotopic (exact) mass is 368 g/mol.